The van der Waals surface area contributed by atoms with Crippen molar-refractivity contribution in [3.8, 4) is 17.2 Å². The van der Waals surface area contributed by atoms with Crippen molar-refractivity contribution in [1.82, 2.24) is 0 Å². The Kier molecular flexibility index (Phi) is 5.21. The van der Waals surface area contributed by atoms with Crippen LogP contribution in [0.15, 0.2) is 36.4 Å². The standard InChI is InChI=1S/C20H22N2O5/c1-5-22-15-8-7-14(11-17(15)27-12(2)20(22)24)21-19(23)13-6-9-16(25-3)18(10-13)26-4/h6-12H,5H2,1-4H3,(H,21,23). The van der Waals surface area contributed by atoms with E-state index in [0.29, 0.717) is 40.7 Å². The van der Waals surface area contributed by atoms with E-state index in [1.807, 2.05) is 6.92 Å². The van der Waals surface area contributed by atoms with Gasteiger partial charge in [0.25, 0.3) is 11.8 Å². The number of likely N-dealkylation sites (N-methyl/N-ethyl adjacent to an activating group) is 1. The highest BCUT2D eigenvalue weighted by atomic mass is 16.5. The van der Waals surface area contributed by atoms with E-state index in [1.165, 1.54) is 14.2 Å². The largest absolute Gasteiger partial charge is 0.493 e. The van der Waals surface area contributed by atoms with Gasteiger partial charge in [-0.25, -0.2) is 0 Å². The number of methoxy groups -OCH3 is 2. The van der Waals surface area contributed by atoms with Crippen molar-refractivity contribution in [1.29, 1.82) is 0 Å². The number of hydrogen-bond acceptors (Lipinski definition) is 5. The number of carbonyl (C=O) groups is 2. The number of ether oxygens (including phenoxy) is 3. The highest BCUT2D eigenvalue weighted by Crippen LogP contribution is 2.36. The van der Waals surface area contributed by atoms with Crippen LogP contribution in [0.3, 0.4) is 0 Å². The predicted octanol–water partition coefficient (Wildman–Crippen LogP) is 3.09. The highest BCUT2D eigenvalue weighted by Gasteiger charge is 2.30. The second kappa shape index (κ2) is 7.57. The van der Waals surface area contributed by atoms with Gasteiger partial charge in [-0.2, -0.15) is 0 Å². The molecule has 2 amide bonds. The monoisotopic (exact) mass is 370 g/mol. The Bertz CT molecular complexity index is 881. The quantitative estimate of drug-likeness (QED) is 0.875. The normalized spacial score (nSPS) is 15.6. The minimum atomic E-state index is -0.561. The lowest BCUT2D eigenvalue weighted by Crippen LogP contribution is -2.44. The Morgan fingerprint density at radius 1 is 1.15 bits per heavy atom. The zero-order valence-corrected chi connectivity index (χ0v) is 15.7. The fourth-order valence-electron chi connectivity index (χ4n) is 3.00. The first-order valence-corrected chi connectivity index (χ1v) is 8.64. The van der Waals surface area contributed by atoms with Gasteiger partial charge >= 0.3 is 0 Å². The molecule has 1 aliphatic rings. The molecule has 0 fully saturated rings. The molecule has 0 aromatic heterocycles. The molecule has 0 aliphatic carbocycles. The van der Waals surface area contributed by atoms with E-state index in [-0.39, 0.29) is 11.8 Å². The summed E-state index contributed by atoms with van der Waals surface area (Å²) in [6, 6.07) is 10.2. The van der Waals surface area contributed by atoms with Crippen LogP contribution in [0.4, 0.5) is 11.4 Å². The summed E-state index contributed by atoms with van der Waals surface area (Å²) in [7, 11) is 3.05. The average Bonchev–Trinajstić information content (AvgIpc) is 2.68. The smallest absolute Gasteiger partial charge is 0.267 e. The molecular weight excluding hydrogens is 348 g/mol. The summed E-state index contributed by atoms with van der Waals surface area (Å²) >= 11 is 0. The summed E-state index contributed by atoms with van der Waals surface area (Å²) in [6.45, 7) is 4.17. The molecule has 0 radical (unpaired) electrons. The van der Waals surface area contributed by atoms with Crippen molar-refractivity contribution in [3.05, 3.63) is 42.0 Å². The number of carbonyl (C=O) groups excluding carboxylic acids is 2. The van der Waals surface area contributed by atoms with Gasteiger partial charge in [0.05, 0.1) is 19.9 Å². The molecule has 3 rings (SSSR count). The first-order chi connectivity index (χ1) is 13.0. The van der Waals surface area contributed by atoms with Gasteiger partial charge in [-0.15, -0.1) is 0 Å². The minimum Gasteiger partial charge on any atom is -0.493 e. The molecule has 0 saturated heterocycles. The summed E-state index contributed by atoms with van der Waals surface area (Å²) in [4.78, 5) is 26.4. The Hall–Kier alpha value is -3.22. The van der Waals surface area contributed by atoms with Crippen LogP contribution < -0.4 is 24.4 Å². The van der Waals surface area contributed by atoms with Crippen molar-refractivity contribution in [3.63, 3.8) is 0 Å². The Morgan fingerprint density at radius 3 is 2.56 bits per heavy atom. The van der Waals surface area contributed by atoms with Gasteiger partial charge in [0.1, 0.15) is 5.75 Å². The summed E-state index contributed by atoms with van der Waals surface area (Å²) in [5.41, 5.74) is 1.71. The SMILES string of the molecule is CCN1C(=O)C(C)Oc2cc(NC(=O)c3ccc(OC)c(OC)c3)ccc21. The van der Waals surface area contributed by atoms with Gasteiger partial charge in [-0.05, 0) is 44.2 Å². The second-order valence-electron chi connectivity index (χ2n) is 6.05. The summed E-state index contributed by atoms with van der Waals surface area (Å²) in [6.07, 6.45) is -0.561. The molecule has 7 heteroatoms. The molecule has 0 saturated carbocycles. The fraction of sp³-hybridized carbons (Fsp3) is 0.300. The maximum atomic E-state index is 12.6. The van der Waals surface area contributed by atoms with Gasteiger partial charge in [-0.1, -0.05) is 0 Å². The highest BCUT2D eigenvalue weighted by molar-refractivity contribution is 6.05. The van der Waals surface area contributed by atoms with Crippen molar-refractivity contribution in [2.75, 3.05) is 31.0 Å². The number of amides is 2. The van der Waals surface area contributed by atoms with Gasteiger partial charge in [0, 0.05) is 23.9 Å². The van der Waals surface area contributed by atoms with Gasteiger partial charge < -0.3 is 24.4 Å². The van der Waals surface area contributed by atoms with E-state index in [0.717, 1.165) is 0 Å². The maximum absolute atomic E-state index is 12.6. The molecule has 1 unspecified atom stereocenters. The van der Waals surface area contributed by atoms with Crippen molar-refractivity contribution in [2.24, 2.45) is 0 Å². The van der Waals surface area contributed by atoms with Gasteiger partial charge in [-0.3, -0.25) is 9.59 Å². The topological polar surface area (TPSA) is 77.1 Å². The van der Waals surface area contributed by atoms with Crippen LogP contribution in [0.2, 0.25) is 0 Å². The lowest BCUT2D eigenvalue weighted by molar-refractivity contribution is -0.125. The molecule has 1 heterocycles. The predicted molar refractivity (Wildman–Crippen MR) is 102 cm³/mol. The fourth-order valence-corrected chi connectivity index (χ4v) is 3.00. The van der Waals surface area contributed by atoms with Crippen LogP contribution in [0.5, 0.6) is 17.2 Å². The molecule has 2 aromatic rings. The van der Waals surface area contributed by atoms with E-state index >= 15 is 0 Å². The summed E-state index contributed by atoms with van der Waals surface area (Å²) < 4.78 is 16.1. The van der Waals surface area contributed by atoms with E-state index in [2.05, 4.69) is 5.32 Å². The molecular formula is C20H22N2O5. The minimum absolute atomic E-state index is 0.0767. The van der Waals surface area contributed by atoms with Crippen LogP contribution in [0, 0.1) is 0 Å². The van der Waals surface area contributed by atoms with Crippen LogP contribution in [0.1, 0.15) is 24.2 Å². The molecule has 1 N–H and O–H groups in total. The van der Waals surface area contributed by atoms with E-state index < -0.39 is 6.10 Å². The number of nitrogens with one attached hydrogen (secondary N) is 1. The molecule has 0 spiro atoms. The van der Waals surface area contributed by atoms with E-state index in [4.69, 9.17) is 14.2 Å². The van der Waals surface area contributed by atoms with Gasteiger partial charge in [0.15, 0.2) is 17.6 Å². The first-order valence-electron chi connectivity index (χ1n) is 8.64. The van der Waals surface area contributed by atoms with Crippen LogP contribution >= 0.6 is 0 Å². The van der Waals surface area contributed by atoms with Crippen molar-refractivity contribution < 1.29 is 23.8 Å². The Morgan fingerprint density at radius 2 is 1.89 bits per heavy atom. The summed E-state index contributed by atoms with van der Waals surface area (Å²) in [5, 5.41) is 2.84. The Labute approximate surface area is 157 Å². The molecule has 142 valence electrons. The van der Waals surface area contributed by atoms with Crippen molar-refractivity contribution >= 4 is 23.2 Å². The Balaban J connectivity index is 1.84. The number of hydrogen-bond donors (Lipinski definition) is 1. The third kappa shape index (κ3) is 3.53. The number of benzene rings is 2. The third-order valence-corrected chi connectivity index (χ3v) is 4.39. The number of nitrogens with zero attached hydrogens (tertiary/aromatic N) is 1. The van der Waals surface area contributed by atoms with E-state index in [9.17, 15) is 9.59 Å². The van der Waals surface area contributed by atoms with Gasteiger partial charge in [0.2, 0.25) is 0 Å². The first kappa shape index (κ1) is 18.6. The third-order valence-electron chi connectivity index (χ3n) is 4.39. The summed E-state index contributed by atoms with van der Waals surface area (Å²) in [5.74, 6) is 1.23. The van der Waals surface area contributed by atoms with E-state index in [1.54, 1.807) is 48.2 Å². The second-order valence-corrected chi connectivity index (χ2v) is 6.05. The average molecular weight is 370 g/mol. The van der Waals surface area contributed by atoms with Crippen LogP contribution in [-0.2, 0) is 4.79 Å². The van der Waals surface area contributed by atoms with Crippen LogP contribution in [0.25, 0.3) is 0 Å². The molecule has 1 aliphatic heterocycles. The van der Waals surface area contributed by atoms with Crippen molar-refractivity contribution in [2.45, 2.75) is 20.0 Å². The zero-order chi connectivity index (χ0) is 19.6. The molecule has 7 nitrogen and oxygen atoms in total. The molecule has 1 atom stereocenters. The molecule has 0 bridgehead atoms. The maximum Gasteiger partial charge on any atom is 0.267 e. The van der Waals surface area contributed by atoms with Crippen LogP contribution in [-0.4, -0.2) is 38.7 Å². The number of anilines is 2. The zero-order valence-electron chi connectivity index (χ0n) is 15.7. The lowest BCUT2D eigenvalue weighted by atomic mass is 10.1. The lowest BCUT2D eigenvalue weighted by Gasteiger charge is -2.32. The molecule has 2 aromatic carbocycles. The number of rotatable bonds is 5. The number of fused-ring (bicyclic) bond motifs is 1. The molecule has 27 heavy (non-hydrogen) atoms.